The summed E-state index contributed by atoms with van der Waals surface area (Å²) in [5.41, 5.74) is 0.752. The molecule has 0 spiro atoms. The molecule has 0 aliphatic carbocycles. The van der Waals surface area contributed by atoms with Gasteiger partial charge in [0.05, 0.1) is 13.2 Å². The second-order valence-electron chi connectivity index (χ2n) is 4.72. The molecule has 1 rings (SSSR count). The average molecular weight is 280 g/mol. The highest BCUT2D eigenvalue weighted by Gasteiger charge is 2.12. The number of benzene rings is 1. The van der Waals surface area contributed by atoms with Gasteiger partial charge < -0.3 is 15.2 Å². The molecule has 0 aliphatic rings. The van der Waals surface area contributed by atoms with Crippen molar-refractivity contribution in [2.45, 2.75) is 26.8 Å². The van der Waals surface area contributed by atoms with Gasteiger partial charge in [0.2, 0.25) is 5.91 Å². The highest BCUT2D eigenvalue weighted by molar-refractivity contribution is 5.77. The standard InChI is InChI=1S/C15H24N2O3/c1-4-9-16-14(18)11-17(3)10-12-7-6-8-13(15(12)19)20-5-2/h6-8,19H,4-5,9-11H2,1-3H3,(H,16,18). The lowest BCUT2D eigenvalue weighted by Crippen LogP contribution is -2.35. The van der Waals surface area contributed by atoms with Crippen LogP contribution in [0.3, 0.4) is 0 Å². The maximum Gasteiger partial charge on any atom is 0.234 e. The molecule has 0 fully saturated rings. The van der Waals surface area contributed by atoms with E-state index in [4.69, 9.17) is 4.74 Å². The van der Waals surface area contributed by atoms with E-state index in [0.29, 0.717) is 32.0 Å². The topological polar surface area (TPSA) is 61.8 Å². The molecule has 0 aliphatic heterocycles. The SMILES string of the molecule is CCCNC(=O)CN(C)Cc1cccc(OCC)c1O. The van der Waals surface area contributed by atoms with Gasteiger partial charge in [0, 0.05) is 18.7 Å². The number of aromatic hydroxyl groups is 1. The van der Waals surface area contributed by atoms with Gasteiger partial charge in [0.25, 0.3) is 0 Å². The smallest absolute Gasteiger partial charge is 0.234 e. The first-order chi connectivity index (χ1) is 9.58. The number of carbonyl (C=O) groups excluding carboxylic acids is 1. The highest BCUT2D eigenvalue weighted by atomic mass is 16.5. The quantitative estimate of drug-likeness (QED) is 0.761. The molecule has 1 aromatic rings. The van der Waals surface area contributed by atoms with Crippen molar-refractivity contribution in [1.82, 2.24) is 10.2 Å². The average Bonchev–Trinajstić information content (AvgIpc) is 2.41. The van der Waals surface area contributed by atoms with Gasteiger partial charge in [-0.05, 0) is 26.5 Å². The number of amides is 1. The zero-order chi connectivity index (χ0) is 15.0. The van der Waals surface area contributed by atoms with Crippen LogP contribution in [0.2, 0.25) is 0 Å². The first-order valence-electron chi connectivity index (χ1n) is 6.97. The zero-order valence-corrected chi connectivity index (χ0v) is 12.5. The van der Waals surface area contributed by atoms with E-state index >= 15 is 0 Å². The van der Waals surface area contributed by atoms with Gasteiger partial charge in [0.1, 0.15) is 0 Å². The Hall–Kier alpha value is -1.75. The van der Waals surface area contributed by atoms with Gasteiger partial charge >= 0.3 is 0 Å². The molecule has 0 heterocycles. The summed E-state index contributed by atoms with van der Waals surface area (Å²) >= 11 is 0. The Morgan fingerprint density at radius 2 is 2.15 bits per heavy atom. The van der Waals surface area contributed by atoms with E-state index in [9.17, 15) is 9.90 Å². The number of likely N-dealkylation sites (N-methyl/N-ethyl adjacent to an activating group) is 1. The van der Waals surface area contributed by atoms with E-state index in [1.807, 2.05) is 37.9 Å². The molecule has 112 valence electrons. The Kier molecular flexibility index (Phi) is 6.87. The van der Waals surface area contributed by atoms with Gasteiger partial charge in [0.15, 0.2) is 11.5 Å². The van der Waals surface area contributed by atoms with Crippen LogP contribution in [0.5, 0.6) is 11.5 Å². The third-order valence-corrected chi connectivity index (χ3v) is 2.81. The van der Waals surface area contributed by atoms with E-state index < -0.39 is 0 Å². The van der Waals surface area contributed by atoms with E-state index in [1.165, 1.54) is 0 Å². The maximum absolute atomic E-state index is 11.6. The number of nitrogens with one attached hydrogen (secondary N) is 1. The van der Waals surface area contributed by atoms with E-state index in [2.05, 4.69) is 5.32 Å². The Morgan fingerprint density at radius 3 is 2.80 bits per heavy atom. The van der Waals surface area contributed by atoms with Crippen LogP contribution in [0.4, 0.5) is 0 Å². The predicted molar refractivity (Wildman–Crippen MR) is 78.9 cm³/mol. The van der Waals surface area contributed by atoms with Crippen molar-refractivity contribution in [3.8, 4) is 11.5 Å². The third kappa shape index (κ3) is 5.09. The molecule has 0 radical (unpaired) electrons. The van der Waals surface area contributed by atoms with Gasteiger partial charge in [-0.1, -0.05) is 19.1 Å². The predicted octanol–water partition coefficient (Wildman–Crippen LogP) is 1.75. The number of para-hydroxylation sites is 1. The molecule has 0 saturated carbocycles. The summed E-state index contributed by atoms with van der Waals surface area (Å²) in [5.74, 6) is 0.624. The highest BCUT2D eigenvalue weighted by Crippen LogP contribution is 2.30. The van der Waals surface area contributed by atoms with Gasteiger partial charge in [-0.3, -0.25) is 9.69 Å². The lowest BCUT2D eigenvalue weighted by molar-refractivity contribution is -0.122. The van der Waals surface area contributed by atoms with Crippen molar-refractivity contribution in [2.75, 3.05) is 26.7 Å². The zero-order valence-electron chi connectivity index (χ0n) is 12.5. The summed E-state index contributed by atoms with van der Waals surface area (Å²) in [6, 6.07) is 5.40. The summed E-state index contributed by atoms with van der Waals surface area (Å²) in [6.07, 6.45) is 0.923. The van der Waals surface area contributed by atoms with Crippen LogP contribution in [0, 0.1) is 0 Å². The number of nitrogens with zero attached hydrogens (tertiary/aromatic N) is 1. The second kappa shape index (κ2) is 8.43. The Bertz CT molecular complexity index is 435. The number of hydrogen-bond donors (Lipinski definition) is 2. The van der Waals surface area contributed by atoms with E-state index in [-0.39, 0.29) is 11.7 Å². The monoisotopic (exact) mass is 280 g/mol. The van der Waals surface area contributed by atoms with Crippen LogP contribution in [-0.2, 0) is 11.3 Å². The molecule has 0 atom stereocenters. The van der Waals surface area contributed by atoms with Crippen LogP contribution in [0.1, 0.15) is 25.8 Å². The van der Waals surface area contributed by atoms with Crippen molar-refractivity contribution >= 4 is 5.91 Å². The maximum atomic E-state index is 11.6. The molecule has 5 heteroatoms. The van der Waals surface area contributed by atoms with Crippen molar-refractivity contribution in [2.24, 2.45) is 0 Å². The van der Waals surface area contributed by atoms with E-state index in [1.54, 1.807) is 6.07 Å². The van der Waals surface area contributed by atoms with Crippen molar-refractivity contribution < 1.29 is 14.6 Å². The Balaban J connectivity index is 2.59. The summed E-state index contributed by atoms with van der Waals surface area (Å²) in [5, 5.41) is 12.9. The normalized spacial score (nSPS) is 10.6. The molecule has 0 unspecified atom stereocenters. The first-order valence-corrected chi connectivity index (χ1v) is 6.97. The third-order valence-electron chi connectivity index (χ3n) is 2.81. The molecule has 5 nitrogen and oxygen atoms in total. The lowest BCUT2D eigenvalue weighted by Gasteiger charge is -2.18. The summed E-state index contributed by atoms with van der Waals surface area (Å²) in [6.45, 7) is 5.88. The summed E-state index contributed by atoms with van der Waals surface area (Å²) in [7, 11) is 1.85. The molecule has 0 saturated heterocycles. The minimum absolute atomic E-state index is 0.00481. The van der Waals surface area contributed by atoms with E-state index in [0.717, 1.165) is 12.0 Å². The number of phenolic OH excluding ortho intramolecular Hbond substituents is 1. The fourth-order valence-corrected chi connectivity index (χ4v) is 1.88. The van der Waals surface area contributed by atoms with Crippen molar-refractivity contribution in [3.63, 3.8) is 0 Å². The fourth-order valence-electron chi connectivity index (χ4n) is 1.88. The number of ether oxygens (including phenoxy) is 1. The Labute approximate surface area is 120 Å². The van der Waals surface area contributed by atoms with Gasteiger partial charge in [-0.2, -0.15) is 0 Å². The number of carbonyl (C=O) groups is 1. The molecule has 1 aromatic carbocycles. The van der Waals surface area contributed by atoms with Gasteiger partial charge in [-0.25, -0.2) is 0 Å². The van der Waals surface area contributed by atoms with Crippen LogP contribution in [-0.4, -0.2) is 42.7 Å². The minimum atomic E-state index is -0.00481. The van der Waals surface area contributed by atoms with Crippen LogP contribution in [0.15, 0.2) is 18.2 Å². The number of rotatable bonds is 8. The van der Waals surface area contributed by atoms with Crippen LogP contribution in [0.25, 0.3) is 0 Å². The fraction of sp³-hybridized carbons (Fsp3) is 0.533. The molecular formula is C15H24N2O3. The first kappa shape index (κ1) is 16.3. The molecule has 20 heavy (non-hydrogen) atoms. The van der Waals surface area contributed by atoms with Crippen molar-refractivity contribution in [1.29, 1.82) is 0 Å². The van der Waals surface area contributed by atoms with Crippen LogP contribution < -0.4 is 10.1 Å². The molecule has 0 bridgehead atoms. The minimum Gasteiger partial charge on any atom is -0.504 e. The molecule has 0 aromatic heterocycles. The lowest BCUT2D eigenvalue weighted by atomic mass is 10.1. The molecular weight excluding hydrogens is 256 g/mol. The summed E-state index contributed by atoms with van der Waals surface area (Å²) < 4.78 is 5.35. The number of phenols is 1. The van der Waals surface area contributed by atoms with Crippen LogP contribution >= 0.6 is 0 Å². The molecule has 2 N–H and O–H groups in total. The summed E-state index contributed by atoms with van der Waals surface area (Å²) in [4.78, 5) is 13.5. The Morgan fingerprint density at radius 1 is 1.40 bits per heavy atom. The number of hydrogen-bond acceptors (Lipinski definition) is 4. The van der Waals surface area contributed by atoms with Gasteiger partial charge in [-0.15, -0.1) is 0 Å². The largest absolute Gasteiger partial charge is 0.504 e. The van der Waals surface area contributed by atoms with Crippen molar-refractivity contribution in [3.05, 3.63) is 23.8 Å². The second-order valence-corrected chi connectivity index (χ2v) is 4.72. The molecule has 1 amide bonds.